The van der Waals surface area contributed by atoms with Crippen molar-refractivity contribution in [3.8, 4) is 5.75 Å². The summed E-state index contributed by atoms with van der Waals surface area (Å²) in [4.78, 5) is 4.56. The summed E-state index contributed by atoms with van der Waals surface area (Å²) in [7, 11) is 1.67. The number of hydrogen-bond acceptors (Lipinski definition) is 5. The fourth-order valence-electron chi connectivity index (χ4n) is 2.54. The van der Waals surface area contributed by atoms with Crippen molar-refractivity contribution in [3.05, 3.63) is 41.5 Å². The number of aromatic nitrogens is 2. The molecule has 1 aliphatic rings. The lowest BCUT2D eigenvalue weighted by molar-refractivity contribution is 0.304. The third-order valence-electron chi connectivity index (χ3n) is 3.85. The van der Waals surface area contributed by atoms with E-state index in [9.17, 15) is 0 Å². The van der Waals surface area contributed by atoms with Gasteiger partial charge in [0.2, 0.25) is 5.89 Å². The molecule has 0 spiro atoms. The second kappa shape index (κ2) is 5.25. The molecule has 0 amide bonds. The molecule has 0 aliphatic carbocycles. The normalized spacial score (nSPS) is 22.1. The van der Waals surface area contributed by atoms with Crippen LogP contribution < -0.4 is 10.1 Å². The molecule has 0 saturated carbocycles. The van der Waals surface area contributed by atoms with E-state index in [-0.39, 0.29) is 5.41 Å². The van der Waals surface area contributed by atoms with Crippen molar-refractivity contribution >= 4 is 0 Å². The molecule has 1 aromatic carbocycles. The molecule has 1 aliphatic heterocycles. The molecule has 1 aromatic heterocycles. The van der Waals surface area contributed by atoms with Crippen LogP contribution in [0.4, 0.5) is 0 Å². The topological polar surface area (TPSA) is 60.2 Å². The lowest BCUT2D eigenvalue weighted by Crippen LogP contribution is -2.25. The van der Waals surface area contributed by atoms with Crippen molar-refractivity contribution in [2.24, 2.45) is 0 Å². The van der Waals surface area contributed by atoms with Gasteiger partial charge in [-0.1, -0.05) is 17.3 Å². The first-order valence-electron chi connectivity index (χ1n) is 6.86. The summed E-state index contributed by atoms with van der Waals surface area (Å²) in [6.07, 6.45) is 1.69. The van der Waals surface area contributed by atoms with E-state index >= 15 is 0 Å². The first kappa shape index (κ1) is 13.1. The van der Waals surface area contributed by atoms with E-state index in [0.717, 1.165) is 42.5 Å². The Hall–Kier alpha value is -1.88. The molecule has 0 radical (unpaired) electrons. The van der Waals surface area contributed by atoms with Crippen molar-refractivity contribution in [1.82, 2.24) is 15.5 Å². The second-order valence-electron chi connectivity index (χ2n) is 5.53. The van der Waals surface area contributed by atoms with Gasteiger partial charge < -0.3 is 14.6 Å². The van der Waals surface area contributed by atoms with Crippen LogP contribution in [0.5, 0.6) is 5.75 Å². The third-order valence-corrected chi connectivity index (χ3v) is 3.85. The van der Waals surface area contributed by atoms with Gasteiger partial charge in [0.05, 0.1) is 12.5 Å². The maximum atomic E-state index is 5.45. The predicted octanol–water partition coefficient (Wildman–Crippen LogP) is 1.92. The van der Waals surface area contributed by atoms with Crippen molar-refractivity contribution < 1.29 is 9.26 Å². The maximum Gasteiger partial charge on any atom is 0.233 e. The van der Waals surface area contributed by atoms with Gasteiger partial charge in [-0.3, -0.25) is 0 Å². The van der Waals surface area contributed by atoms with Crippen LogP contribution in [0.25, 0.3) is 0 Å². The van der Waals surface area contributed by atoms with Gasteiger partial charge >= 0.3 is 0 Å². The highest BCUT2D eigenvalue weighted by Gasteiger charge is 2.36. The molecule has 1 saturated heterocycles. The lowest BCUT2D eigenvalue weighted by Gasteiger charge is -2.15. The number of nitrogens with zero attached hydrogens (tertiary/aromatic N) is 2. The standard InChI is InChI=1S/C15H19N3O2/c1-15(6-7-16-10-15)14-17-13(18-20-14)9-11-4-3-5-12(8-11)19-2/h3-5,8,16H,6-7,9-10H2,1-2H3. The van der Waals surface area contributed by atoms with Crippen molar-refractivity contribution in [3.63, 3.8) is 0 Å². The summed E-state index contributed by atoms with van der Waals surface area (Å²) in [5.41, 5.74) is 1.09. The number of ether oxygens (including phenoxy) is 1. The molecule has 1 unspecified atom stereocenters. The minimum Gasteiger partial charge on any atom is -0.497 e. The Morgan fingerprint density at radius 1 is 1.45 bits per heavy atom. The van der Waals surface area contributed by atoms with E-state index in [1.807, 2.05) is 24.3 Å². The summed E-state index contributed by atoms with van der Waals surface area (Å²) in [5.74, 6) is 2.31. The summed E-state index contributed by atoms with van der Waals surface area (Å²) in [6, 6.07) is 7.93. The minimum absolute atomic E-state index is 0.0281. The maximum absolute atomic E-state index is 5.45. The average Bonchev–Trinajstić information content (AvgIpc) is 3.09. The highest BCUT2D eigenvalue weighted by atomic mass is 16.5. The van der Waals surface area contributed by atoms with Crippen LogP contribution in [-0.4, -0.2) is 30.3 Å². The van der Waals surface area contributed by atoms with Gasteiger partial charge in [0, 0.05) is 13.0 Å². The highest BCUT2D eigenvalue weighted by Crippen LogP contribution is 2.28. The molecular weight excluding hydrogens is 254 g/mol. The van der Waals surface area contributed by atoms with E-state index in [4.69, 9.17) is 9.26 Å². The molecule has 20 heavy (non-hydrogen) atoms. The van der Waals surface area contributed by atoms with E-state index in [2.05, 4.69) is 22.4 Å². The van der Waals surface area contributed by atoms with Crippen LogP contribution in [0.15, 0.2) is 28.8 Å². The molecule has 106 valence electrons. The molecule has 1 atom stereocenters. The van der Waals surface area contributed by atoms with Gasteiger partial charge in [-0.15, -0.1) is 0 Å². The monoisotopic (exact) mass is 273 g/mol. The van der Waals surface area contributed by atoms with Crippen LogP contribution in [0.2, 0.25) is 0 Å². The number of hydrogen-bond donors (Lipinski definition) is 1. The van der Waals surface area contributed by atoms with Crippen molar-refractivity contribution in [2.45, 2.75) is 25.2 Å². The fourth-order valence-corrected chi connectivity index (χ4v) is 2.54. The number of nitrogens with one attached hydrogen (secondary N) is 1. The third kappa shape index (κ3) is 2.54. The summed E-state index contributed by atoms with van der Waals surface area (Å²) in [6.45, 7) is 4.06. The molecule has 2 aromatic rings. The van der Waals surface area contributed by atoms with Gasteiger partial charge in [0.25, 0.3) is 0 Å². The van der Waals surface area contributed by atoms with Crippen LogP contribution in [0.3, 0.4) is 0 Å². The van der Waals surface area contributed by atoms with Crippen LogP contribution in [-0.2, 0) is 11.8 Å². The van der Waals surface area contributed by atoms with E-state index in [1.165, 1.54) is 0 Å². The fraction of sp³-hybridized carbons (Fsp3) is 0.467. The number of benzene rings is 1. The van der Waals surface area contributed by atoms with Crippen LogP contribution >= 0.6 is 0 Å². The summed E-state index contributed by atoms with van der Waals surface area (Å²) >= 11 is 0. The second-order valence-corrected chi connectivity index (χ2v) is 5.53. The molecule has 0 bridgehead atoms. The van der Waals surface area contributed by atoms with Gasteiger partial charge in [0.15, 0.2) is 5.82 Å². The molecule has 5 nitrogen and oxygen atoms in total. The Balaban J connectivity index is 1.76. The largest absolute Gasteiger partial charge is 0.497 e. The molecular formula is C15H19N3O2. The zero-order chi connectivity index (χ0) is 14.0. The Kier molecular flexibility index (Phi) is 3.44. The van der Waals surface area contributed by atoms with E-state index < -0.39 is 0 Å². The van der Waals surface area contributed by atoms with Crippen molar-refractivity contribution in [2.75, 3.05) is 20.2 Å². The highest BCUT2D eigenvalue weighted by molar-refractivity contribution is 5.30. The quantitative estimate of drug-likeness (QED) is 0.922. The smallest absolute Gasteiger partial charge is 0.233 e. The SMILES string of the molecule is COc1cccc(Cc2noc(C3(C)CCNC3)n2)c1. The Labute approximate surface area is 118 Å². The molecule has 1 N–H and O–H groups in total. The summed E-state index contributed by atoms with van der Waals surface area (Å²) < 4.78 is 10.7. The number of rotatable bonds is 4. The van der Waals surface area contributed by atoms with E-state index in [0.29, 0.717) is 6.42 Å². The molecule has 2 heterocycles. The van der Waals surface area contributed by atoms with Gasteiger partial charge in [-0.05, 0) is 37.6 Å². The molecule has 5 heteroatoms. The van der Waals surface area contributed by atoms with Crippen LogP contribution in [0.1, 0.15) is 30.6 Å². The van der Waals surface area contributed by atoms with Gasteiger partial charge in [-0.2, -0.15) is 4.98 Å². The van der Waals surface area contributed by atoms with E-state index in [1.54, 1.807) is 7.11 Å². The van der Waals surface area contributed by atoms with Crippen LogP contribution in [0, 0.1) is 0 Å². The van der Waals surface area contributed by atoms with Crippen molar-refractivity contribution in [1.29, 1.82) is 0 Å². The van der Waals surface area contributed by atoms with Gasteiger partial charge in [-0.25, -0.2) is 0 Å². The molecule has 3 rings (SSSR count). The zero-order valence-electron chi connectivity index (χ0n) is 11.8. The first-order valence-corrected chi connectivity index (χ1v) is 6.86. The Bertz CT molecular complexity index is 588. The number of methoxy groups -OCH3 is 1. The summed E-state index contributed by atoms with van der Waals surface area (Å²) in [5, 5.41) is 7.44. The Morgan fingerprint density at radius 3 is 3.10 bits per heavy atom. The average molecular weight is 273 g/mol. The Morgan fingerprint density at radius 2 is 2.35 bits per heavy atom. The first-order chi connectivity index (χ1) is 9.69. The predicted molar refractivity (Wildman–Crippen MR) is 74.9 cm³/mol. The van der Waals surface area contributed by atoms with Gasteiger partial charge in [0.1, 0.15) is 5.75 Å². The zero-order valence-corrected chi connectivity index (χ0v) is 11.8. The minimum atomic E-state index is -0.0281. The lowest BCUT2D eigenvalue weighted by atomic mass is 9.90. The molecule has 1 fully saturated rings.